The number of ether oxygens (including phenoxy) is 3. The van der Waals surface area contributed by atoms with Crippen LogP contribution in [-0.2, 0) is 14.3 Å². The highest BCUT2D eigenvalue weighted by molar-refractivity contribution is 6.09. The van der Waals surface area contributed by atoms with Gasteiger partial charge < -0.3 is 40.2 Å². The summed E-state index contributed by atoms with van der Waals surface area (Å²) in [5.74, 6) is 2.27. The molecule has 6 rings (SSSR count). The van der Waals surface area contributed by atoms with Gasteiger partial charge in [0.1, 0.15) is 19.0 Å². The second-order valence-corrected chi connectivity index (χ2v) is 14.0. The Bertz CT molecular complexity index is 2360. The standard InChI is InChI=1S/C43H42N4O8.C2HF3O2/c1-28-5-6-33(40(49)45-35-14-15-35)27-38(28)29-7-9-30(10-8-29)39(48)31-11-16-36(17-12-31)54-24-25-55-43(52)47-22-20-46(21-23-47)41(50)34-13-18-37(42(51)53-2)32(26-34)4-3-19-44;3-2(4,5)1(6)7/h5-13,16-18,26-27,35H,14-15,19-25,44H2,1-2H3,(H,45,49);(H,6,7). The fraction of sp³-hybridized carbons (Fsp3) is 0.289. The van der Waals surface area contributed by atoms with Gasteiger partial charge in [0.2, 0.25) is 0 Å². The molecule has 324 valence electrons. The van der Waals surface area contributed by atoms with E-state index in [0.29, 0.717) is 46.7 Å². The first kappa shape index (κ1) is 45.9. The van der Waals surface area contributed by atoms with Crippen molar-refractivity contribution in [3.8, 4) is 28.7 Å². The molecule has 17 heteroatoms. The van der Waals surface area contributed by atoms with Crippen LogP contribution in [0.1, 0.15) is 71.0 Å². The topological polar surface area (TPSA) is 195 Å². The van der Waals surface area contributed by atoms with Gasteiger partial charge in [-0.05, 0) is 91.1 Å². The van der Waals surface area contributed by atoms with Crippen LogP contribution < -0.4 is 15.8 Å². The number of esters is 1. The molecule has 1 aliphatic heterocycles. The number of nitrogens with two attached hydrogens (primary N) is 1. The first-order chi connectivity index (χ1) is 29.6. The maximum absolute atomic E-state index is 13.2. The number of rotatable bonds is 11. The molecule has 62 heavy (non-hydrogen) atoms. The number of carboxylic acid groups (broad SMARTS) is 1. The van der Waals surface area contributed by atoms with Gasteiger partial charge in [-0.15, -0.1) is 0 Å². The van der Waals surface area contributed by atoms with E-state index in [1.165, 1.54) is 18.1 Å². The number of carbonyl (C=O) groups excluding carboxylic acids is 5. The molecule has 1 heterocycles. The van der Waals surface area contributed by atoms with Gasteiger partial charge in [-0.1, -0.05) is 42.2 Å². The van der Waals surface area contributed by atoms with Crippen LogP contribution in [0, 0.1) is 18.8 Å². The van der Waals surface area contributed by atoms with Gasteiger partial charge in [0, 0.05) is 60.0 Å². The molecule has 4 aromatic carbocycles. The number of hydrogen-bond acceptors (Lipinski definition) is 10. The Hall–Kier alpha value is -7.19. The van der Waals surface area contributed by atoms with Gasteiger partial charge >= 0.3 is 24.2 Å². The van der Waals surface area contributed by atoms with Crippen LogP contribution >= 0.6 is 0 Å². The monoisotopic (exact) mass is 856 g/mol. The third-order valence-electron chi connectivity index (χ3n) is 9.63. The smallest absolute Gasteiger partial charge is 0.490 e. The van der Waals surface area contributed by atoms with Crippen LogP contribution in [0.5, 0.6) is 5.75 Å². The largest absolute Gasteiger partial charge is 0.490 e. The number of methoxy groups -OCH3 is 1. The zero-order valence-electron chi connectivity index (χ0n) is 33.8. The van der Waals surface area contributed by atoms with Crippen LogP contribution in [0.4, 0.5) is 18.0 Å². The Labute approximate surface area is 354 Å². The van der Waals surface area contributed by atoms with E-state index in [1.807, 2.05) is 37.3 Å². The van der Waals surface area contributed by atoms with Crippen LogP contribution in [0.25, 0.3) is 11.1 Å². The van der Waals surface area contributed by atoms with E-state index in [4.69, 9.17) is 29.8 Å². The molecule has 0 radical (unpaired) electrons. The minimum absolute atomic E-state index is 0.0116. The number of carbonyl (C=O) groups is 6. The number of nitrogens with zero attached hydrogens (tertiary/aromatic N) is 2. The molecule has 3 amide bonds. The minimum atomic E-state index is -5.08. The number of aryl methyl sites for hydroxylation is 1. The Morgan fingerprint density at radius 1 is 0.806 bits per heavy atom. The summed E-state index contributed by atoms with van der Waals surface area (Å²) in [4.78, 5) is 75.9. The van der Waals surface area contributed by atoms with Gasteiger partial charge in [0.05, 0.1) is 19.2 Å². The molecule has 0 atom stereocenters. The third kappa shape index (κ3) is 12.4. The molecule has 1 saturated carbocycles. The molecule has 0 aromatic heterocycles. The molecule has 0 bridgehead atoms. The number of carboxylic acids is 1. The van der Waals surface area contributed by atoms with Crippen molar-refractivity contribution in [1.82, 2.24) is 15.1 Å². The lowest BCUT2D eigenvalue weighted by Crippen LogP contribution is -2.50. The van der Waals surface area contributed by atoms with Crippen LogP contribution in [-0.4, -0.2) is 116 Å². The normalized spacial score (nSPS) is 13.3. The number of hydrogen-bond donors (Lipinski definition) is 3. The van der Waals surface area contributed by atoms with Crippen LogP contribution in [0.15, 0.2) is 84.9 Å². The SMILES string of the molecule is COC(=O)c1ccc(C(=O)N2CCN(C(=O)OCCOc3ccc(C(=O)c4ccc(-c5cc(C(=O)NC6CC6)ccc5C)cc4)cc3)CC2)cc1C#CCN.O=C(O)C(F)(F)F. The zero-order valence-corrected chi connectivity index (χ0v) is 33.8. The first-order valence-electron chi connectivity index (χ1n) is 19.3. The van der Waals surface area contributed by atoms with E-state index in [2.05, 4.69) is 17.2 Å². The van der Waals surface area contributed by atoms with Crippen molar-refractivity contribution in [2.24, 2.45) is 5.73 Å². The number of piperazine rings is 1. The molecule has 2 aliphatic rings. The van der Waals surface area contributed by atoms with E-state index in [1.54, 1.807) is 53.4 Å². The molecular weight excluding hydrogens is 814 g/mol. The fourth-order valence-corrected chi connectivity index (χ4v) is 6.11. The molecular formula is C45H43F3N4O10. The maximum atomic E-state index is 13.2. The summed E-state index contributed by atoms with van der Waals surface area (Å²) < 4.78 is 47.7. The van der Waals surface area contributed by atoms with Crippen molar-refractivity contribution < 1.29 is 61.3 Å². The summed E-state index contributed by atoms with van der Waals surface area (Å²) in [7, 11) is 1.27. The van der Waals surface area contributed by atoms with E-state index in [-0.39, 0.29) is 62.1 Å². The summed E-state index contributed by atoms with van der Waals surface area (Å²) in [6, 6.07) is 24.7. The van der Waals surface area contributed by atoms with Gasteiger partial charge in [0.15, 0.2) is 5.78 Å². The number of ketones is 1. The summed E-state index contributed by atoms with van der Waals surface area (Å²) in [6.45, 7) is 3.39. The zero-order chi connectivity index (χ0) is 45.0. The number of alkyl halides is 3. The van der Waals surface area contributed by atoms with Crippen molar-refractivity contribution in [3.05, 3.63) is 124 Å². The summed E-state index contributed by atoms with van der Waals surface area (Å²) >= 11 is 0. The lowest BCUT2D eigenvalue weighted by molar-refractivity contribution is -0.192. The van der Waals surface area contributed by atoms with Crippen molar-refractivity contribution in [2.45, 2.75) is 32.0 Å². The number of nitrogens with one attached hydrogen (secondary N) is 1. The highest BCUT2D eigenvalue weighted by atomic mass is 19.4. The highest BCUT2D eigenvalue weighted by Gasteiger charge is 2.38. The van der Waals surface area contributed by atoms with E-state index in [9.17, 15) is 37.1 Å². The van der Waals surface area contributed by atoms with Crippen LogP contribution in [0.3, 0.4) is 0 Å². The fourth-order valence-electron chi connectivity index (χ4n) is 6.11. The Morgan fingerprint density at radius 3 is 1.97 bits per heavy atom. The van der Waals surface area contributed by atoms with Crippen LogP contribution in [0.2, 0.25) is 0 Å². The predicted molar refractivity (Wildman–Crippen MR) is 219 cm³/mol. The predicted octanol–water partition coefficient (Wildman–Crippen LogP) is 5.49. The number of aliphatic carboxylic acids is 1. The maximum Gasteiger partial charge on any atom is 0.490 e. The van der Waals surface area contributed by atoms with Crippen molar-refractivity contribution in [3.63, 3.8) is 0 Å². The van der Waals surface area contributed by atoms with Gasteiger partial charge in [-0.25, -0.2) is 14.4 Å². The van der Waals surface area contributed by atoms with Crippen molar-refractivity contribution in [1.29, 1.82) is 0 Å². The molecule has 1 aliphatic carbocycles. The van der Waals surface area contributed by atoms with Gasteiger partial charge in [-0.2, -0.15) is 13.2 Å². The van der Waals surface area contributed by atoms with E-state index < -0.39 is 24.2 Å². The molecule has 4 N–H and O–H groups in total. The molecule has 4 aromatic rings. The van der Waals surface area contributed by atoms with E-state index in [0.717, 1.165) is 29.5 Å². The van der Waals surface area contributed by atoms with Gasteiger partial charge in [0.25, 0.3) is 11.8 Å². The molecule has 0 spiro atoms. The lowest BCUT2D eigenvalue weighted by atomic mass is 9.95. The van der Waals surface area contributed by atoms with E-state index >= 15 is 0 Å². The molecule has 0 unspecified atom stereocenters. The average Bonchev–Trinajstić information content (AvgIpc) is 4.10. The Kier molecular flexibility index (Phi) is 15.4. The van der Waals surface area contributed by atoms with Crippen molar-refractivity contribution in [2.75, 3.05) is 53.0 Å². The lowest BCUT2D eigenvalue weighted by Gasteiger charge is -2.34. The second kappa shape index (κ2) is 20.9. The molecule has 14 nitrogen and oxygen atoms in total. The highest BCUT2D eigenvalue weighted by Crippen LogP contribution is 2.27. The minimum Gasteiger partial charge on any atom is -0.490 e. The quantitative estimate of drug-likeness (QED) is 0.0748. The third-order valence-corrected chi connectivity index (χ3v) is 9.63. The summed E-state index contributed by atoms with van der Waals surface area (Å²) in [5, 5.41) is 10.2. The van der Waals surface area contributed by atoms with Crippen molar-refractivity contribution >= 4 is 35.6 Å². The Balaban J connectivity index is 0.000000955. The second-order valence-electron chi connectivity index (χ2n) is 14.0. The summed E-state index contributed by atoms with van der Waals surface area (Å²) in [5.41, 5.74) is 11.0. The first-order valence-corrected chi connectivity index (χ1v) is 19.3. The Morgan fingerprint density at radius 2 is 1.39 bits per heavy atom. The molecule has 2 fully saturated rings. The number of amides is 3. The summed E-state index contributed by atoms with van der Waals surface area (Å²) in [6.07, 6.45) is -3.54. The average molecular weight is 857 g/mol. The number of benzene rings is 4. The number of halogens is 3. The van der Waals surface area contributed by atoms with Gasteiger partial charge in [-0.3, -0.25) is 14.4 Å². The molecule has 1 saturated heterocycles.